The van der Waals surface area contributed by atoms with Crippen LogP contribution in [0.5, 0.6) is 0 Å². The standard InChI is InChI=1S/C13H15NO2.C12H13NO2.CH4/c1-13(2,3)11-6-5-9(12(15)16-4)7-10(11)8-14;1-12(2,3)10-5-4-8(11(14)15)6-9(10)7-13;/h5-7H,1-4H3;4-6H,1-3H3,(H,14,15);1H4. The van der Waals surface area contributed by atoms with Gasteiger partial charge in [-0.1, -0.05) is 61.1 Å². The third-order valence-corrected chi connectivity index (χ3v) is 4.56. The highest BCUT2D eigenvalue weighted by Crippen LogP contribution is 2.27. The van der Waals surface area contributed by atoms with Crippen molar-refractivity contribution < 1.29 is 19.4 Å². The molecule has 0 aliphatic carbocycles. The second-order valence-corrected chi connectivity index (χ2v) is 9.04. The van der Waals surface area contributed by atoms with Crippen molar-refractivity contribution in [3.8, 4) is 12.1 Å². The van der Waals surface area contributed by atoms with Crippen LogP contribution in [0.15, 0.2) is 36.4 Å². The van der Waals surface area contributed by atoms with Gasteiger partial charge in [-0.15, -0.1) is 0 Å². The molecular weight excluding hydrogens is 404 g/mol. The van der Waals surface area contributed by atoms with Gasteiger partial charge in [-0.05, 0) is 46.2 Å². The molecular formula is C26H32N2O4. The lowest BCUT2D eigenvalue weighted by Crippen LogP contribution is -2.14. The number of carbonyl (C=O) groups is 2. The molecule has 0 aliphatic heterocycles. The van der Waals surface area contributed by atoms with E-state index in [1.165, 1.54) is 19.2 Å². The molecule has 0 heterocycles. The van der Waals surface area contributed by atoms with Crippen LogP contribution in [0.4, 0.5) is 0 Å². The van der Waals surface area contributed by atoms with E-state index in [1.54, 1.807) is 18.2 Å². The smallest absolute Gasteiger partial charge is 0.337 e. The molecule has 2 rings (SSSR count). The summed E-state index contributed by atoms with van der Waals surface area (Å²) in [6, 6.07) is 13.9. The van der Waals surface area contributed by atoms with Crippen LogP contribution >= 0.6 is 0 Å². The molecule has 0 bridgehead atoms. The molecule has 0 aliphatic rings. The maximum absolute atomic E-state index is 11.3. The molecule has 0 spiro atoms. The first-order valence-corrected chi connectivity index (χ1v) is 9.67. The summed E-state index contributed by atoms with van der Waals surface area (Å²) in [6.45, 7) is 12.1. The number of carbonyl (C=O) groups excluding carboxylic acids is 1. The van der Waals surface area contributed by atoms with E-state index in [1.807, 2.05) is 53.7 Å². The zero-order chi connectivity index (χ0) is 24.0. The number of nitriles is 2. The van der Waals surface area contributed by atoms with Gasteiger partial charge in [0.05, 0.1) is 41.5 Å². The van der Waals surface area contributed by atoms with Gasteiger partial charge in [-0.2, -0.15) is 10.5 Å². The summed E-state index contributed by atoms with van der Waals surface area (Å²) in [5.74, 6) is -1.43. The molecule has 0 saturated heterocycles. The van der Waals surface area contributed by atoms with Gasteiger partial charge in [-0.25, -0.2) is 9.59 Å². The minimum absolute atomic E-state index is 0. The Bertz CT molecular complexity index is 1060. The molecule has 0 amide bonds. The fourth-order valence-corrected chi connectivity index (χ4v) is 2.96. The molecule has 32 heavy (non-hydrogen) atoms. The molecule has 6 nitrogen and oxygen atoms in total. The topological polar surface area (TPSA) is 111 Å². The van der Waals surface area contributed by atoms with Crippen LogP contribution in [0.3, 0.4) is 0 Å². The lowest BCUT2D eigenvalue weighted by Gasteiger charge is -2.20. The van der Waals surface area contributed by atoms with Gasteiger partial charge in [0.2, 0.25) is 0 Å². The maximum atomic E-state index is 11.3. The average Bonchev–Trinajstić information content (AvgIpc) is 2.71. The number of carboxylic acid groups (broad SMARTS) is 1. The minimum atomic E-state index is -1.01. The largest absolute Gasteiger partial charge is 0.478 e. The van der Waals surface area contributed by atoms with E-state index in [0.29, 0.717) is 16.7 Å². The number of hydrogen-bond acceptors (Lipinski definition) is 5. The van der Waals surface area contributed by atoms with E-state index in [0.717, 1.165) is 11.1 Å². The van der Waals surface area contributed by atoms with Crippen LogP contribution in [0.2, 0.25) is 0 Å². The SMILES string of the molecule is C.CC(C)(C)c1ccc(C(=O)O)cc1C#N.COC(=O)c1ccc(C(C)(C)C)c(C#N)c1. The summed E-state index contributed by atoms with van der Waals surface area (Å²) in [7, 11) is 1.33. The lowest BCUT2D eigenvalue weighted by atomic mass is 9.83. The summed E-state index contributed by atoms with van der Waals surface area (Å²) >= 11 is 0. The Labute approximate surface area is 191 Å². The van der Waals surface area contributed by atoms with Crippen LogP contribution < -0.4 is 0 Å². The molecule has 6 heteroatoms. The number of nitrogens with zero attached hydrogens (tertiary/aromatic N) is 2. The number of carboxylic acids is 1. The monoisotopic (exact) mass is 436 g/mol. The molecule has 0 unspecified atom stereocenters. The molecule has 2 aromatic rings. The third kappa shape index (κ3) is 7.25. The van der Waals surface area contributed by atoms with Crippen LogP contribution in [-0.2, 0) is 15.6 Å². The van der Waals surface area contributed by atoms with E-state index in [9.17, 15) is 9.59 Å². The number of ether oxygens (including phenoxy) is 1. The quantitative estimate of drug-likeness (QED) is 0.593. The van der Waals surface area contributed by atoms with Gasteiger partial charge in [0.1, 0.15) is 0 Å². The number of aromatic carboxylic acids is 1. The minimum Gasteiger partial charge on any atom is -0.478 e. The number of benzene rings is 2. The van der Waals surface area contributed by atoms with Crippen molar-refractivity contribution in [2.24, 2.45) is 0 Å². The highest BCUT2D eigenvalue weighted by molar-refractivity contribution is 5.90. The number of rotatable bonds is 2. The van der Waals surface area contributed by atoms with Gasteiger partial charge in [-0.3, -0.25) is 0 Å². The van der Waals surface area contributed by atoms with Gasteiger partial charge in [0, 0.05) is 0 Å². The molecule has 1 N–H and O–H groups in total. The first kappa shape index (κ1) is 28.4. The van der Waals surface area contributed by atoms with Crippen LogP contribution in [0.25, 0.3) is 0 Å². The van der Waals surface area contributed by atoms with Crippen molar-refractivity contribution >= 4 is 11.9 Å². The van der Waals surface area contributed by atoms with Gasteiger partial charge < -0.3 is 9.84 Å². The predicted molar refractivity (Wildman–Crippen MR) is 125 cm³/mol. The zero-order valence-electron chi connectivity index (χ0n) is 19.0. The molecule has 0 saturated carbocycles. The molecule has 0 aromatic heterocycles. The third-order valence-electron chi connectivity index (χ3n) is 4.56. The number of hydrogen-bond donors (Lipinski definition) is 1. The Morgan fingerprint density at radius 1 is 0.812 bits per heavy atom. The van der Waals surface area contributed by atoms with Gasteiger partial charge in [0.25, 0.3) is 0 Å². The van der Waals surface area contributed by atoms with E-state index in [2.05, 4.69) is 10.8 Å². The second kappa shape index (κ2) is 11.1. The highest BCUT2D eigenvalue weighted by Gasteiger charge is 2.20. The van der Waals surface area contributed by atoms with Crippen molar-refractivity contribution in [3.63, 3.8) is 0 Å². The van der Waals surface area contributed by atoms with Crippen LogP contribution in [0, 0.1) is 22.7 Å². The molecule has 0 fully saturated rings. The average molecular weight is 437 g/mol. The maximum Gasteiger partial charge on any atom is 0.337 e. The zero-order valence-corrected chi connectivity index (χ0v) is 19.0. The number of esters is 1. The predicted octanol–water partition coefficient (Wildman–Crippen LogP) is 5.83. The second-order valence-electron chi connectivity index (χ2n) is 9.04. The fourth-order valence-electron chi connectivity index (χ4n) is 2.96. The summed E-state index contributed by atoms with van der Waals surface area (Å²) in [5, 5.41) is 26.8. The first-order valence-electron chi connectivity index (χ1n) is 9.67. The Morgan fingerprint density at radius 3 is 1.50 bits per heavy atom. The molecule has 2 aromatic carbocycles. The van der Waals surface area contributed by atoms with Crippen LogP contribution in [0.1, 0.15) is 91.9 Å². The Balaban J connectivity index is 0.000000584. The van der Waals surface area contributed by atoms with Crippen molar-refractivity contribution in [2.75, 3.05) is 7.11 Å². The highest BCUT2D eigenvalue weighted by atomic mass is 16.5. The van der Waals surface area contributed by atoms with E-state index >= 15 is 0 Å². The van der Waals surface area contributed by atoms with E-state index < -0.39 is 11.9 Å². The summed E-state index contributed by atoms with van der Waals surface area (Å²) in [4.78, 5) is 22.0. The van der Waals surface area contributed by atoms with E-state index in [-0.39, 0.29) is 23.8 Å². The van der Waals surface area contributed by atoms with Crippen LogP contribution in [-0.4, -0.2) is 24.2 Å². The van der Waals surface area contributed by atoms with Crippen molar-refractivity contribution in [1.82, 2.24) is 0 Å². The van der Waals surface area contributed by atoms with Gasteiger partial charge in [0.15, 0.2) is 0 Å². The summed E-state index contributed by atoms with van der Waals surface area (Å²) in [6.07, 6.45) is 0. The molecule has 0 radical (unpaired) electrons. The fraction of sp³-hybridized carbons (Fsp3) is 0.385. The molecule has 0 atom stereocenters. The normalized spacial score (nSPS) is 10.4. The summed E-state index contributed by atoms with van der Waals surface area (Å²) in [5.41, 5.74) is 3.06. The van der Waals surface area contributed by atoms with Crippen molar-refractivity contribution in [2.45, 2.75) is 59.8 Å². The number of methoxy groups -OCH3 is 1. The van der Waals surface area contributed by atoms with E-state index in [4.69, 9.17) is 15.6 Å². The Hall–Kier alpha value is -3.64. The molecule has 170 valence electrons. The van der Waals surface area contributed by atoms with Gasteiger partial charge >= 0.3 is 11.9 Å². The van der Waals surface area contributed by atoms with Crippen molar-refractivity contribution in [1.29, 1.82) is 10.5 Å². The Morgan fingerprint density at radius 2 is 1.19 bits per heavy atom. The summed E-state index contributed by atoms with van der Waals surface area (Å²) < 4.78 is 4.61. The lowest BCUT2D eigenvalue weighted by molar-refractivity contribution is 0.0599. The Kier molecular flexibility index (Phi) is 9.85. The first-order chi connectivity index (χ1) is 14.3. The van der Waals surface area contributed by atoms with Crippen molar-refractivity contribution in [3.05, 3.63) is 69.8 Å².